The summed E-state index contributed by atoms with van der Waals surface area (Å²) in [6, 6.07) is 1.02. The van der Waals surface area contributed by atoms with Crippen LogP contribution in [0.4, 0.5) is 4.39 Å². The number of benzene rings is 1. The van der Waals surface area contributed by atoms with Crippen LogP contribution in [0.1, 0.15) is 5.56 Å². The van der Waals surface area contributed by atoms with Crippen molar-refractivity contribution in [1.29, 1.82) is 0 Å². The van der Waals surface area contributed by atoms with Crippen LogP contribution in [0.15, 0.2) is 6.07 Å². The lowest BCUT2D eigenvalue weighted by molar-refractivity contribution is 0.140. The highest BCUT2D eigenvalue weighted by Crippen LogP contribution is 2.37. The normalized spacial score (nSPS) is 10.4. The zero-order valence-electron chi connectivity index (χ0n) is 8.09. The molecule has 1 aromatic carbocycles. The van der Waals surface area contributed by atoms with Gasteiger partial charge in [0, 0.05) is 18.1 Å². The second-order valence-corrected chi connectivity index (χ2v) is 3.20. The molecule has 0 heterocycles. The zero-order chi connectivity index (χ0) is 11.4. The van der Waals surface area contributed by atoms with E-state index in [1.807, 2.05) is 0 Å². The first-order chi connectivity index (χ1) is 7.11. The molecule has 0 spiro atoms. The summed E-state index contributed by atoms with van der Waals surface area (Å²) in [6.45, 7) is 0.125. The Bertz CT molecular complexity index is 360. The van der Waals surface area contributed by atoms with Crippen molar-refractivity contribution in [3.8, 4) is 11.5 Å². The maximum Gasteiger partial charge on any atom is 0.163 e. The highest BCUT2D eigenvalue weighted by atomic mass is 35.5. The molecule has 1 rings (SSSR count). The van der Waals surface area contributed by atoms with E-state index in [1.54, 1.807) is 0 Å². The van der Waals surface area contributed by atoms with Gasteiger partial charge in [-0.05, 0) is 0 Å². The number of aromatic hydroxyl groups is 1. The van der Waals surface area contributed by atoms with Crippen LogP contribution < -0.4 is 10.6 Å². The second kappa shape index (κ2) is 5.16. The molecule has 0 aliphatic carbocycles. The molecule has 0 saturated heterocycles. The maximum atomic E-state index is 13.2. The Morgan fingerprint density at radius 2 is 2.27 bits per heavy atom. The minimum absolute atomic E-state index is 0.0314. The van der Waals surface area contributed by atoms with E-state index in [0.29, 0.717) is 0 Å². The van der Waals surface area contributed by atoms with E-state index < -0.39 is 5.82 Å². The zero-order valence-corrected chi connectivity index (χ0v) is 8.84. The van der Waals surface area contributed by atoms with E-state index >= 15 is 0 Å². The van der Waals surface area contributed by atoms with Crippen molar-refractivity contribution in [2.75, 3.05) is 13.7 Å². The number of phenolic OH excluding ortho intramolecular Hbond substituents is 1. The van der Waals surface area contributed by atoms with E-state index in [0.717, 1.165) is 6.07 Å². The Kier molecular flexibility index (Phi) is 4.14. The first kappa shape index (κ1) is 12.0. The van der Waals surface area contributed by atoms with Crippen LogP contribution in [0.5, 0.6) is 11.5 Å². The first-order valence-corrected chi connectivity index (χ1v) is 4.55. The van der Waals surface area contributed by atoms with Crippen LogP contribution in [0.3, 0.4) is 0 Å². The first-order valence-electron chi connectivity index (χ1n) is 4.17. The molecule has 0 radical (unpaired) electrons. The van der Waals surface area contributed by atoms with E-state index in [1.165, 1.54) is 7.11 Å². The number of hydrogen-bond acceptors (Lipinski definition) is 4. The van der Waals surface area contributed by atoms with Gasteiger partial charge in [0.2, 0.25) is 0 Å². The molecule has 0 aromatic heterocycles. The third-order valence-corrected chi connectivity index (χ3v) is 2.35. The van der Waals surface area contributed by atoms with Gasteiger partial charge in [-0.25, -0.2) is 10.3 Å². The summed E-state index contributed by atoms with van der Waals surface area (Å²) in [4.78, 5) is 4.34. The molecule has 0 unspecified atom stereocenters. The summed E-state index contributed by atoms with van der Waals surface area (Å²) in [5, 5.41) is 9.50. The summed E-state index contributed by atoms with van der Waals surface area (Å²) in [6.07, 6.45) is 0.204. The van der Waals surface area contributed by atoms with Crippen molar-refractivity contribution in [3.05, 3.63) is 22.5 Å². The van der Waals surface area contributed by atoms with E-state index in [-0.39, 0.29) is 35.1 Å². The van der Waals surface area contributed by atoms with Gasteiger partial charge in [-0.15, -0.1) is 0 Å². The molecule has 1 aromatic rings. The van der Waals surface area contributed by atoms with Crippen LogP contribution in [-0.4, -0.2) is 18.8 Å². The van der Waals surface area contributed by atoms with Crippen LogP contribution in [-0.2, 0) is 11.3 Å². The van der Waals surface area contributed by atoms with Gasteiger partial charge in [-0.2, -0.15) is 0 Å². The Balaban J connectivity index is 3.15. The van der Waals surface area contributed by atoms with Crippen molar-refractivity contribution in [3.63, 3.8) is 0 Å². The third kappa shape index (κ3) is 2.50. The maximum absolute atomic E-state index is 13.2. The molecule has 3 N–H and O–H groups in total. The number of nitrogens with two attached hydrogens (primary N) is 1. The van der Waals surface area contributed by atoms with E-state index in [9.17, 15) is 9.50 Å². The molecule has 0 fully saturated rings. The van der Waals surface area contributed by atoms with Gasteiger partial charge in [-0.1, -0.05) is 11.6 Å². The van der Waals surface area contributed by atoms with Crippen molar-refractivity contribution in [2.45, 2.75) is 6.42 Å². The largest absolute Gasteiger partial charge is 0.504 e. The van der Waals surface area contributed by atoms with E-state index in [4.69, 9.17) is 22.2 Å². The number of phenols is 1. The molecule has 0 aliphatic heterocycles. The van der Waals surface area contributed by atoms with Crippen LogP contribution in [0, 0.1) is 5.82 Å². The molecule has 84 valence electrons. The van der Waals surface area contributed by atoms with Gasteiger partial charge < -0.3 is 14.7 Å². The van der Waals surface area contributed by atoms with Crippen molar-refractivity contribution in [2.24, 2.45) is 5.90 Å². The highest BCUT2D eigenvalue weighted by molar-refractivity contribution is 6.31. The highest BCUT2D eigenvalue weighted by Gasteiger charge is 2.16. The van der Waals surface area contributed by atoms with Gasteiger partial charge in [0.25, 0.3) is 0 Å². The van der Waals surface area contributed by atoms with Gasteiger partial charge in [0.15, 0.2) is 11.5 Å². The van der Waals surface area contributed by atoms with Crippen LogP contribution in [0.25, 0.3) is 0 Å². The predicted octanol–water partition coefficient (Wildman–Crippen LogP) is 1.63. The number of methoxy groups -OCH3 is 1. The Labute approximate surface area is 91.3 Å². The standard InChI is InChI=1S/C9H11ClFNO3/c1-14-7-4-6(11)8(10)5(9(7)13)2-3-15-12/h4,13H,2-3,12H2,1H3. The summed E-state index contributed by atoms with van der Waals surface area (Å²) in [7, 11) is 1.33. The molecular formula is C9H11ClFNO3. The van der Waals surface area contributed by atoms with Crippen LogP contribution >= 0.6 is 11.6 Å². The Morgan fingerprint density at radius 1 is 1.60 bits per heavy atom. The fraction of sp³-hybridized carbons (Fsp3) is 0.333. The molecule has 0 atom stereocenters. The average Bonchev–Trinajstić information content (AvgIpc) is 2.23. The smallest absolute Gasteiger partial charge is 0.163 e. The SMILES string of the molecule is COc1cc(F)c(Cl)c(CCON)c1O. The minimum Gasteiger partial charge on any atom is -0.504 e. The van der Waals surface area contributed by atoms with Gasteiger partial charge in [0.1, 0.15) is 5.82 Å². The molecule has 0 aliphatic rings. The summed E-state index contributed by atoms with van der Waals surface area (Å²) >= 11 is 5.68. The summed E-state index contributed by atoms with van der Waals surface area (Å²) in [5.41, 5.74) is 0.221. The molecule has 0 amide bonds. The lowest BCUT2D eigenvalue weighted by Gasteiger charge is -2.11. The summed E-state index contributed by atoms with van der Waals surface area (Å²) in [5.74, 6) is 4.02. The van der Waals surface area contributed by atoms with Crippen molar-refractivity contribution in [1.82, 2.24) is 0 Å². The van der Waals surface area contributed by atoms with Gasteiger partial charge in [0.05, 0.1) is 18.7 Å². The molecule has 0 bridgehead atoms. The average molecular weight is 236 g/mol. The van der Waals surface area contributed by atoms with Gasteiger partial charge in [-0.3, -0.25) is 0 Å². The van der Waals surface area contributed by atoms with Gasteiger partial charge >= 0.3 is 0 Å². The Hall–Kier alpha value is -1.04. The lowest BCUT2D eigenvalue weighted by atomic mass is 10.1. The number of hydrogen-bond donors (Lipinski definition) is 2. The van der Waals surface area contributed by atoms with Crippen molar-refractivity contribution < 1.29 is 19.1 Å². The molecule has 6 heteroatoms. The second-order valence-electron chi connectivity index (χ2n) is 2.82. The third-order valence-electron chi connectivity index (χ3n) is 1.94. The molecular weight excluding hydrogens is 225 g/mol. The van der Waals surface area contributed by atoms with E-state index in [2.05, 4.69) is 4.84 Å². The van der Waals surface area contributed by atoms with Crippen LogP contribution in [0.2, 0.25) is 5.02 Å². The fourth-order valence-corrected chi connectivity index (χ4v) is 1.43. The molecule has 4 nitrogen and oxygen atoms in total. The number of ether oxygens (including phenoxy) is 1. The minimum atomic E-state index is -0.654. The number of halogens is 2. The topological polar surface area (TPSA) is 64.7 Å². The number of rotatable bonds is 4. The lowest BCUT2D eigenvalue weighted by Crippen LogP contribution is -2.05. The molecule has 15 heavy (non-hydrogen) atoms. The van der Waals surface area contributed by atoms with Crippen molar-refractivity contribution >= 4 is 11.6 Å². The quantitative estimate of drug-likeness (QED) is 0.779. The Morgan fingerprint density at radius 3 is 2.80 bits per heavy atom. The molecule has 0 saturated carbocycles. The monoisotopic (exact) mass is 235 g/mol. The predicted molar refractivity (Wildman–Crippen MR) is 53.5 cm³/mol. The summed E-state index contributed by atoms with van der Waals surface area (Å²) < 4.78 is 18.0. The fourth-order valence-electron chi connectivity index (χ4n) is 1.19.